The highest BCUT2D eigenvalue weighted by atomic mass is 127. The molecule has 0 heterocycles. The van der Waals surface area contributed by atoms with Gasteiger partial charge in [-0.15, -0.1) is 0 Å². The number of hydrogen-bond donors (Lipinski definition) is 0. The van der Waals surface area contributed by atoms with Crippen LogP contribution >= 0.6 is 22.9 Å². The van der Waals surface area contributed by atoms with E-state index in [1.165, 1.54) is 12.1 Å². The highest BCUT2D eigenvalue weighted by molar-refractivity contribution is 14.1. The summed E-state index contributed by atoms with van der Waals surface area (Å²) < 4.78 is 1.55. The Labute approximate surface area is 83.8 Å². The van der Waals surface area contributed by atoms with Gasteiger partial charge in [-0.25, -0.2) is 0 Å². The van der Waals surface area contributed by atoms with Gasteiger partial charge in [0, 0.05) is 19.2 Å². The van der Waals surface area contributed by atoms with Crippen LogP contribution in [0.5, 0.6) is 0 Å². The van der Waals surface area contributed by atoms with Crippen LogP contribution in [0, 0.1) is 17.2 Å². The SMILES string of the molecule is [CH2]N(I)c1cccc([N+](=O)[O-])c1. The minimum Gasteiger partial charge on any atom is -0.313 e. The highest BCUT2D eigenvalue weighted by Crippen LogP contribution is 2.22. The Morgan fingerprint density at radius 2 is 2.25 bits per heavy atom. The molecule has 0 unspecified atom stereocenters. The van der Waals surface area contributed by atoms with E-state index >= 15 is 0 Å². The summed E-state index contributed by atoms with van der Waals surface area (Å²) in [6.45, 7) is 0. The largest absolute Gasteiger partial charge is 0.313 e. The van der Waals surface area contributed by atoms with Gasteiger partial charge in [-0.1, -0.05) is 6.07 Å². The molecule has 0 amide bonds. The maximum atomic E-state index is 10.3. The van der Waals surface area contributed by atoms with E-state index in [9.17, 15) is 10.1 Å². The van der Waals surface area contributed by atoms with E-state index < -0.39 is 4.92 Å². The van der Waals surface area contributed by atoms with Gasteiger partial charge in [0.2, 0.25) is 0 Å². The van der Waals surface area contributed by atoms with Crippen molar-refractivity contribution in [1.82, 2.24) is 0 Å². The summed E-state index contributed by atoms with van der Waals surface area (Å²) in [5, 5.41) is 10.3. The molecule has 0 saturated carbocycles. The molecular formula is C7H6IN2O2. The molecule has 63 valence electrons. The average molecular weight is 277 g/mol. The van der Waals surface area contributed by atoms with Crippen LogP contribution < -0.4 is 3.11 Å². The Morgan fingerprint density at radius 3 is 2.75 bits per heavy atom. The Kier molecular flexibility index (Phi) is 2.85. The van der Waals surface area contributed by atoms with Crippen LogP contribution in [0.4, 0.5) is 11.4 Å². The highest BCUT2D eigenvalue weighted by Gasteiger charge is 2.06. The molecule has 0 aliphatic carbocycles. The number of hydrogen-bond acceptors (Lipinski definition) is 3. The summed E-state index contributed by atoms with van der Waals surface area (Å²) in [7, 11) is 3.61. The fraction of sp³-hybridized carbons (Fsp3) is 0. The van der Waals surface area contributed by atoms with Crippen molar-refractivity contribution in [3.05, 3.63) is 41.4 Å². The van der Waals surface area contributed by atoms with Gasteiger partial charge in [0.15, 0.2) is 0 Å². The number of halogens is 1. The Hall–Kier alpha value is -0.850. The summed E-state index contributed by atoms with van der Waals surface area (Å²) in [6, 6.07) is 6.31. The first kappa shape index (κ1) is 9.24. The number of nitro groups is 1. The molecule has 0 aliphatic heterocycles. The van der Waals surface area contributed by atoms with Crippen molar-refractivity contribution in [1.29, 1.82) is 0 Å². The second-order valence-electron chi connectivity index (χ2n) is 2.14. The molecule has 1 rings (SSSR count). The van der Waals surface area contributed by atoms with Crippen molar-refractivity contribution in [3.8, 4) is 0 Å². The molecule has 4 nitrogen and oxygen atoms in total. The third kappa shape index (κ3) is 2.07. The van der Waals surface area contributed by atoms with E-state index in [1.807, 2.05) is 22.9 Å². The van der Waals surface area contributed by atoms with Crippen molar-refractivity contribution in [2.24, 2.45) is 0 Å². The molecule has 1 radical (unpaired) electrons. The minimum absolute atomic E-state index is 0.0813. The molecule has 1 aromatic rings. The average Bonchev–Trinajstić information content (AvgIpc) is 2.04. The van der Waals surface area contributed by atoms with Gasteiger partial charge in [-0.3, -0.25) is 10.1 Å². The molecule has 0 N–H and O–H groups in total. The normalized spacial score (nSPS) is 9.50. The number of nitrogens with zero attached hydrogens (tertiary/aromatic N) is 2. The van der Waals surface area contributed by atoms with Gasteiger partial charge in [0.1, 0.15) is 0 Å². The molecular weight excluding hydrogens is 271 g/mol. The van der Waals surface area contributed by atoms with Gasteiger partial charge >= 0.3 is 0 Å². The number of rotatable bonds is 2. The maximum absolute atomic E-state index is 10.3. The smallest absolute Gasteiger partial charge is 0.271 e. The van der Waals surface area contributed by atoms with E-state index in [-0.39, 0.29) is 5.69 Å². The molecule has 0 saturated heterocycles. The lowest BCUT2D eigenvalue weighted by Gasteiger charge is -2.07. The van der Waals surface area contributed by atoms with Crippen LogP contribution in [-0.4, -0.2) is 4.92 Å². The van der Waals surface area contributed by atoms with Crippen molar-refractivity contribution in [2.45, 2.75) is 0 Å². The van der Waals surface area contributed by atoms with Crippen molar-refractivity contribution in [3.63, 3.8) is 0 Å². The zero-order valence-corrected chi connectivity index (χ0v) is 8.26. The molecule has 12 heavy (non-hydrogen) atoms. The van der Waals surface area contributed by atoms with Gasteiger partial charge in [-0.2, -0.15) is 0 Å². The van der Waals surface area contributed by atoms with Gasteiger partial charge < -0.3 is 3.11 Å². The summed E-state index contributed by atoms with van der Waals surface area (Å²) in [5.41, 5.74) is 0.794. The number of anilines is 1. The zero-order valence-electron chi connectivity index (χ0n) is 6.11. The molecule has 0 aliphatic rings. The molecule has 1 aromatic carbocycles. The standard InChI is InChI=1S/C7H6IN2O2/c1-9(8)6-3-2-4-7(5-6)10(11)12/h2-5H,1H2. The van der Waals surface area contributed by atoms with Crippen LogP contribution in [0.2, 0.25) is 0 Å². The lowest BCUT2D eigenvalue weighted by molar-refractivity contribution is -0.384. The Morgan fingerprint density at radius 1 is 1.58 bits per heavy atom. The summed E-state index contributed by atoms with van der Waals surface area (Å²) >= 11 is 1.95. The third-order valence-electron chi connectivity index (χ3n) is 1.32. The quantitative estimate of drug-likeness (QED) is 0.361. The summed E-state index contributed by atoms with van der Waals surface area (Å²) in [5.74, 6) is 0. The maximum Gasteiger partial charge on any atom is 0.271 e. The van der Waals surface area contributed by atoms with Gasteiger partial charge in [0.25, 0.3) is 5.69 Å². The molecule has 0 spiro atoms. The number of non-ortho nitro benzene ring substituents is 1. The van der Waals surface area contributed by atoms with Crippen LogP contribution in [0.25, 0.3) is 0 Å². The molecule has 0 fully saturated rings. The molecule has 5 heteroatoms. The first-order chi connectivity index (χ1) is 5.61. The fourth-order valence-electron chi connectivity index (χ4n) is 0.758. The van der Waals surface area contributed by atoms with Crippen molar-refractivity contribution in [2.75, 3.05) is 3.11 Å². The predicted molar refractivity (Wildman–Crippen MR) is 55.0 cm³/mol. The molecule has 0 bridgehead atoms. The van der Waals surface area contributed by atoms with E-state index in [1.54, 1.807) is 15.2 Å². The number of benzene rings is 1. The lowest BCUT2D eigenvalue weighted by Crippen LogP contribution is -1.96. The van der Waals surface area contributed by atoms with Gasteiger partial charge in [0.05, 0.1) is 33.5 Å². The first-order valence-corrected chi connectivity index (χ1v) is 4.08. The Balaban J connectivity index is 3.04. The van der Waals surface area contributed by atoms with Crippen LogP contribution in [0.3, 0.4) is 0 Å². The van der Waals surface area contributed by atoms with Gasteiger partial charge in [-0.05, 0) is 6.07 Å². The van der Waals surface area contributed by atoms with Crippen molar-refractivity contribution < 1.29 is 4.92 Å². The minimum atomic E-state index is -0.427. The third-order valence-corrected chi connectivity index (χ3v) is 1.88. The van der Waals surface area contributed by atoms with E-state index in [4.69, 9.17) is 0 Å². The Bertz CT molecular complexity index is 301. The summed E-state index contributed by atoms with van der Waals surface area (Å²) in [4.78, 5) is 9.91. The second-order valence-corrected chi connectivity index (χ2v) is 3.30. The zero-order chi connectivity index (χ0) is 9.14. The lowest BCUT2D eigenvalue weighted by atomic mass is 10.3. The van der Waals surface area contributed by atoms with Crippen LogP contribution in [0.1, 0.15) is 0 Å². The predicted octanol–water partition coefficient (Wildman–Crippen LogP) is 2.54. The monoisotopic (exact) mass is 277 g/mol. The first-order valence-electron chi connectivity index (χ1n) is 3.12. The molecule has 0 atom stereocenters. The van der Waals surface area contributed by atoms with E-state index in [2.05, 4.69) is 7.05 Å². The second kappa shape index (κ2) is 3.70. The topological polar surface area (TPSA) is 46.4 Å². The van der Waals surface area contributed by atoms with E-state index in [0.717, 1.165) is 0 Å². The summed E-state index contributed by atoms with van der Waals surface area (Å²) in [6.07, 6.45) is 0. The fourth-order valence-corrected chi connectivity index (χ4v) is 1.06. The van der Waals surface area contributed by atoms with E-state index in [0.29, 0.717) is 5.69 Å². The molecule has 0 aromatic heterocycles. The number of nitro benzene ring substituents is 1. The van der Waals surface area contributed by atoms with Crippen LogP contribution in [0.15, 0.2) is 24.3 Å². The van der Waals surface area contributed by atoms with Crippen LogP contribution in [-0.2, 0) is 0 Å². The van der Waals surface area contributed by atoms with Crippen molar-refractivity contribution >= 4 is 34.2 Å².